The highest BCUT2D eigenvalue weighted by atomic mass is 32.2. The highest BCUT2D eigenvalue weighted by Crippen LogP contribution is 2.24. The SMILES string of the molecule is C[C@@H](OC(=O)c1ccccc1NS(=O)(=O)c1cccs1)C(=O)Nc1ccc(F)c(F)c1F. The van der Waals surface area contributed by atoms with Gasteiger partial charge in [0.1, 0.15) is 4.21 Å². The Morgan fingerprint density at radius 2 is 1.69 bits per heavy atom. The van der Waals surface area contributed by atoms with E-state index in [2.05, 4.69) is 4.72 Å². The number of carbonyl (C=O) groups excluding carboxylic acids is 2. The van der Waals surface area contributed by atoms with E-state index in [-0.39, 0.29) is 15.5 Å². The Morgan fingerprint density at radius 3 is 2.38 bits per heavy atom. The molecule has 2 N–H and O–H groups in total. The predicted octanol–water partition coefficient (Wildman–Crippen LogP) is 4.15. The van der Waals surface area contributed by atoms with E-state index in [1.54, 1.807) is 11.4 Å². The number of carbonyl (C=O) groups is 2. The molecule has 1 atom stereocenters. The monoisotopic (exact) mass is 484 g/mol. The third-order valence-electron chi connectivity index (χ3n) is 4.10. The van der Waals surface area contributed by atoms with Crippen LogP contribution in [0.3, 0.4) is 0 Å². The third-order valence-corrected chi connectivity index (χ3v) is 6.86. The predicted molar refractivity (Wildman–Crippen MR) is 111 cm³/mol. The summed E-state index contributed by atoms with van der Waals surface area (Å²) in [5, 5.41) is 3.57. The zero-order valence-electron chi connectivity index (χ0n) is 16.3. The summed E-state index contributed by atoms with van der Waals surface area (Å²) in [7, 11) is -3.95. The first kappa shape index (κ1) is 23.3. The van der Waals surface area contributed by atoms with Crippen molar-refractivity contribution in [3.63, 3.8) is 0 Å². The summed E-state index contributed by atoms with van der Waals surface area (Å²) in [5.74, 6) is -6.85. The van der Waals surface area contributed by atoms with Crippen LogP contribution in [0.5, 0.6) is 0 Å². The number of anilines is 2. The highest BCUT2D eigenvalue weighted by Gasteiger charge is 2.25. The second-order valence-corrected chi connectivity index (χ2v) is 9.20. The van der Waals surface area contributed by atoms with Crippen LogP contribution in [0.2, 0.25) is 0 Å². The van der Waals surface area contributed by atoms with Crippen LogP contribution >= 0.6 is 11.3 Å². The first-order valence-electron chi connectivity index (χ1n) is 8.91. The molecule has 3 rings (SSSR count). The minimum absolute atomic E-state index is 0.0296. The van der Waals surface area contributed by atoms with E-state index in [1.165, 1.54) is 37.3 Å². The molecule has 168 valence electrons. The van der Waals surface area contributed by atoms with E-state index in [9.17, 15) is 31.2 Å². The average Bonchev–Trinajstić information content (AvgIpc) is 3.30. The van der Waals surface area contributed by atoms with E-state index in [0.717, 1.165) is 17.4 Å². The minimum Gasteiger partial charge on any atom is -0.449 e. The van der Waals surface area contributed by atoms with Gasteiger partial charge >= 0.3 is 5.97 Å². The molecule has 0 aliphatic rings. The van der Waals surface area contributed by atoms with Gasteiger partial charge in [0.05, 0.1) is 16.9 Å². The van der Waals surface area contributed by atoms with Crippen LogP contribution in [0.25, 0.3) is 0 Å². The summed E-state index contributed by atoms with van der Waals surface area (Å²) in [6.45, 7) is 1.17. The first-order valence-corrected chi connectivity index (χ1v) is 11.3. The van der Waals surface area contributed by atoms with Crippen LogP contribution < -0.4 is 10.0 Å². The van der Waals surface area contributed by atoms with Gasteiger partial charge in [0, 0.05) is 0 Å². The number of halogens is 3. The van der Waals surface area contributed by atoms with Gasteiger partial charge in [-0.1, -0.05) is 18.2 Å². The molecule has 32 heavy (non-hydrogen) atoms. The number of nitrogens with one attached hydrogen (secondary N) is 2. The molecule has 0 aliphatic carbocycles. The van der Waals surface area contributed by atoms with Crippen LogP contribution in [0, 0.1) is 17.5 Å². The molecule has 0 bridgehead atoms. The maximum atomic E-state index is 13.7. The number of benzene rings is 2. The summed E-state index contributed by atoms with van der Waals surface area (Å²) in [6, 6.07) is 9.95. The number of thiophene rings is 1. The first-order chi connectivity index (χ1) is 15.1. The Bertz CT molecular complexity index is 1260. The van der Waals surface area contributed by atoms with Gasteiger partial charge in [-0.2, -0.15) is 0 Å². The summed E-state index contributed by atoms with van der Waals surface area (Å²) in [5.41, 5.74) is -0.891. The molecule has 2 aromatic carbocycles. The number of para-hydroxylation sites is 1. The summed E-state index contributed by atoms with van der Waals surface area (Å²) in [4.78, 5) is 24.8. The van der Waals surface area contributed by atoms with Crippen molar-refractivity contribution in [1.29, 1.82) is 0 Å². The van der Waals surface area contributed by atoms with Crippen LogP contribution in [0.15, 0.2) is 58.1 Å². The maximum Gasteiger partial charge on any atom is 0.341 e. The van der Waals surface area contributed by atoms with E-state index >= 15 is 0 Å². The maximum absolute atomic E-state index is 13.7. The number of sulfonamides is 1. The molecule has 0 aliphatic heterocycles. The highest BCUT2D eigenvalue weighted by molar-refractivity contribution is 7.94. The number of hydrogen-bond donors (Lipinski definition) is 2. The van der Waals surface area contributed by atoms with Crippen LogP contribution in [0.4, 0.5) is 24.5 Å². The molecule has 0 radical (unpaired) electrons. The van der Waals surface area contributed by atoms with Gasteiger partial charge in [0.25, 0.3) is 15.9 Å². The molecule has 1 heterocycles. The average molecular weight is 484 g/mol. The Labute approximate surface area is 184 Å². The van der Waals surface area contributed by atoms with Crippen molar-refractivity contribution in [3.05, 3.63) is 76.9 Å². The lowest BCUT2D eigenvalue weighted by molar-refractivity contribution is -0.123. The zero-order valence-corrected chi connectivity index (χ0v) is 17.9. The van der Waals surface area contributed by atoms with Gasteiger partial charge in [-0.3, -0.25) is 9.52 Å². The molecule has 7 nitrogen and oxygen atoms in total. The molecule has 0 fully saturated rings. The molecule has 12 heteroatoms. The number of rotatable bonds is 7. The molecule has 1 aromatic heterocycles. The largest absolute Gasteiger partial charge is 0.449 e. The fourth-order valence-corrected chi connectivity index (χ4v) is 4.57. The van der Waals surface area contributed by atoms with Crippen molar-refractivity contribution in [2.24, 2.45) is 0 Å². The zero-order chi connectivity index (χ0) is 23.5. The molecular weight excluding hydrogens is 469 g/mol. The Morgan fingerprint density at radius 1 is 0.969 bits per heavy atom. The van der Waals surface area contributed by atoms with Crippen LogP contribution in [-0.2, 0) is 19.6 Å². The fraction of sp³-hybridized carbons (Fsp3) is 0.100. The molecular formula is C20H15F3N2O5S2. The molecule has 3 aromatic rings. The molecule has 0 spiro atoms. The quantitative estimate of drug-likeness (QED) is 0.388. The Balaban J connectivity index is 1.73. The lowest BCUT2D eigenvalue weighted by Crippen LogP contribution is -2.30. The van der Waals surface area contributed by atoms with E-state index in [4.69, 9.17) is 4.74 Å². The second-order valence-electron chi connectivity index (χ2n) is 6.34. The number of amides is 1. The van der Waals surface area contributed by atoms with Crippen molar-refractivity contribution in [2.75, 3.05) is 10.0 Å². The molecule has 0 saturated heterocycles. The third kappa shape index (κ3) is 5.08. The van der Waals surface area contributed by atoms with Gasteiger partial charge in [-0.05, 0) is 42.6 Å². The summed E-state index contributed by atoms with van der Waals surface area (Å²) in [6.07, 6.45) is -1.48. The topological polar surface area (TPSA) is 102 Å². The van der Waals surface area contributed by atoms with Gasteiger partial charge in [0.2, 0.25) is 0 Å². The molecule has 0 unspecified atom stereocenters. The lowest BCUT2D eigenvalue weighted by atomic mass is 10.2. The van der Waals surface area contributed by atoms with E-state index in [1.807, 2.05) is 5.32 Å². The van der Waals surface area contributed by atoms with Crippen LogP contribution in [0.1, 0.15) is 17.3 Å². The fourth-order valence-electron chi connectivity index (χ4n) is 2.50. The standard InChI is InChI=1S/C20H15F3N2O5S2/c1-11(19(26)24-15-9-8-13(21)17(22)18(15)23)30-20(27)12-5-2-3-6-14(12)25-32(28,29)16-7-4-10-31-16/h2-11,25H,1H3,(H,24,26)/t11-/m1/s1. The number of hydrogen-bond acceptors (Lipinski definition) is 6. The molecule has 1 amide bonds. The van der Waals surface area contributed by atoms with Crippen molar-refractivity contribution >= 4 is 44.6 Å². The van der Waals surface area contributed by atoms with Gasteiger partial charge < -0.3 is 10.1 Å². The van der Waals surface area contributed by atoms with Crippen LogP contribution in [-0.4, -0.2) is 26.4 Å². The van der Waals surface area contributed by atoms with Gasteiger partial charge in [-0.15, -0.1) is 11.3 Å². The van der Waals surface area contributed by atoms with Gasteiger partial charge in [0.15, 0.2) is 23.6 Å². The normalized spacial score (nSPS) is 12.1. The Kier molecular flexibility index (Phi) is 6.84. The molecule has 0 saturated carbocycles. The Hall–Kier alpha value is -3.38. The van der Waals surface area contributed by atoms with Gasteiger partial charge in [-0.25, -0.2) is 26.4 Å². The smallest absolute Gasteiger partial charge is 0.341 e. The van der Waals surface area contributed by atoms with Crippen molar-refractivity contribution in [1.82, 2.24) is 0 Å². The van der Waals surface area contributed by atoms with Crippen molar-refractivity contribution in [3.8, 4) is 0 Å². The lowest BCUT2D eigenvalue weighted by Gasteiger charge is -2.16. The van der Waals surface area contributed by atoms with E-state index in [0.29, 0.717) is 6.07 Å². The number of ether oxygens (including phenoxy) is 1. The van der Waals surface area contributed by atoms with Crippen molar-refractivity contribution < 1.29 is 35.9 Å². The minimum atomic E-state index is -3.95. The summed E-state index contributed by atoms with van der Waals surface area (Å²) >= 11 is 0.981. The second kappa shape index (κ2) is 9.40. The summed E-state index contributed by atoms with van der Waals surface area (Å²) < 4.78 is 72.3. The van der Waals surface area contributed by atoms with Crippen molar-refractivity contribution in [2.45, 2.75) is 17.2 Å². The number of esters is 1. The van der Waals surface area contributed by atoms with E-state index < -0.39 is 51.1 Å².